The van der Waals surface area contributed by atoms with E-state index in [-0.39, 0.29) is 0 Å². The molecule has 0 amide bonds. The standard InChI is InChI=1S/2C39H27Br/c2*40-38-35-22-12-10-20-33(35)37(34-21-11-13-23-36(34)38)28-24-26-32(27-25-28)39(29-14-4-1-5-15-29,30-16-6-2-7-17-30)31-18-8-3-9-19-31/h2*1-27H. The van der Waals surface area contributed by atoms with Gasteiger partial charge in [-0.25, -0.2) is 0 Å². The maximum absolute atomic E-state index is 3.90. The number of hydrogen-bond acceptors (Lipinski definition) is 0. The molecule has 0 unspecified atom stereocenters. The minimum atomic E-state index is -0.452. The molecule has 0 saturated carbocycles. The molecule has 0 aliphatic carbocycles. The van der Waals surface area contributed by atoms with Gasteiger partial charge >= 0.3 is 0 Å². The Hall–Kier alpha value is -8.92. The lowest BCUT2D eigenvalue weighted by atomic mass is 9.65. The summed E-state index contributed by atoms with van der Waals surface area (Å²) < 4.78 is 2.30. The van der Waals surface area contributed by atoms with Crippen LogP contribution < -0.4 is 0 Å². The van der Waals surface area contributed by atoms with Gasteiger partial charge in [0.25, 0.3) is 0 Å². The lowest BCUT2D eigenvalue weighted by Gasteiger charge is -2.37. The van der Waals surface area contributed by atoms with Gasteiger partial charge in [-0.2, -0.15) is 0 Å². The molecule has 0 saturated heterocycles. The van der Waals surface area contributed by atoms with E-state index < -0.39 is 10.8 Å². The smallest absolute Gasteiger partial charge is 0.0622 e. The average molecular weight is 1150 g/mol. The van der Waals surface area contributed by atoms with Crippen molar-refractivity contribution in [2.24, 2.45) is 0 Å². The van der Waals surface area contributed by atoms with Crippen LogP contribution in [0.2, 0.25) is 0 Å². The van der Waals surface area contributed by atoms with Gasteiger partial charge in [-0.05, 0) is 142 Å². The highest BCUT2D eigenvalue weighted by atomic mass is 79.9. The Balaban J connectivity index is 0.000000151. The summed E-state index contributed by atoms with van der Waals surface area (Å²) in [4.78, 5) is 0. The van der Waals surface area contributed by atoms with Gasteiger partial charge in [0.05, 0.1) is 10.8 Å². The predicted molar refractivity (Wildman–Crippen MR) is 346 cm³/mol. The molecular weight excluding hydrogens is 1100 g/mol. The van der Waals surface area contributed by atoms with Crippen molar-refractivity contribution in [3.63, 3.8) is 0 Å². The van der Waals surface area contributed by atoms with E-state index in [1.54, 1.807) is 0 Å². The number of benzene rings is 14. The second-order valence-corrected chi connectivity index (χ2v) is 22.0. The zero-order valence-electron chi connectivity index (χ0n) is 43.9. The molecule has 0 nitrogen and oxygen atoms in total. The van der Waals surface area contributed by atoms with Gasteiger partial charge in [-0.1, -0.05) is 328 Å². The molecule has 14 aromatic carbocycles. The second kappa shape index (κ2) is 22.1. The maximum Gasteiger partial charge on any atom is 0.0701 e. The molecule has 380 valence electrons. The number of fused-ring (bicyclic) bond motifs is 4. The topological polar surface area (TPSA) is 0 Å². The van der Waals surface area contributed by atoms with Crippen LogP contribution in [-0.4, -0.2) is 0 Å². The normalized spacial score (nSPS) is 11.6. The lowest BCUT2D eigenvalue weighted by Crippen LogP contribution is -2.30. The first kappa shape index (κ1) is 50.6. The van der Waals surface area contributed by atoms with E-state index in [4.69, 9.17) is 0 Å². The Bertz CT molecular complexity index is 3830. The van der Waals surface area contributed by atoms with E-state index >= 15 is 0 Å². The monoisotopic (exact) mass is 1150 g/mol. The summed E-state index contributed by atoms with van der Waals surface area (Å²) in [5.41, 5.74) is 14.0. The molecule has 80 heavy (non-hydrogen) atoms. The van der Waals surface area contributed by atoms with Crippen molar-refractivity contribution in [1.29, 1.82) is 0 Å². The first-order valence-corrected chi connectivity index (χ1v) is 28.9. The van der Waals surface area contributed by atoms with Crippen molar-refractivity contribution in [1.82, 2.24) is 0 Å². The molecular formula is C78H54Br2. The molecule has 14 rings (SSSR count). The summed E-state index contributed by atoms with van der Waals surface area (Å²) >= 11 is 7.81. The minimum absolute atomic E-state index is 0.452. The van der Waals surface area contributed by atoms with Crippen LogP contribution in [-0.2, 0) is 10.8 Å². The third-order valence-corrected chi connectivity index (χ3v) is 17.9. The van der Waals surface area contributed by atoms with E-state index in [1.165, 1.54) is 110 Å². The minimum Gasteiger partial charge on any atom is -0.0622 e. The van der Waals surface area contributed by atoms with Gasteiger partial charge in [0.15, 0.2) is 0 Å². The molecule has 0 spiro atoms. The predicted octanol–water partition coefficient (Wildman–Crippen LogP) is 21.6. The quantitative estimate of drug-likeness (QED) is 0.0946. The van der Waals surface area contributed by atoms with Crippen LogP contribution in [0.3, 0.4) is 0 Å². The van der Waals surface area contributed by atoms with Crippen molar-refractivity contribution < 1.29 is 0 Å². The summed E-state index contributed by atoms with van der Waals surface area (Å²) in [5.74, 6) is 0. The summed E-state index contributed by atoms with van der Waals surface area (Å²) in [7, 11) is 0. The van der Waals surface area contributed by atoms with Crippen molar-refractivity contribution in [2.45, 2.75) is 10.8 Å². The van der Waals surface area contributed by atoms with Gasteiger partial charge in [0.2, 0.25) is 0 Å². The Kier molecular flexibility index (Phi) is 14.0. The molecule has 0 aliphatic heterocycles. The Morgan fingerprint density at radius 3 is 0.525 bits per heavy atom. The van der Waals surface area contributed by atoms with E-state index in [1.807, 2.05) is 0 Å². The number of rotatable bonds is 10. The van der Waals surface area contributed by atoms with Gasteiger partial charge in [-0.15, -0.1) is 0 Å². The van der Waals surface area contributed by atoms with Crippen molar-refractivity contribution >= 4 is 74.9 Å². The van der Waals surface area contributed by atoms with Crippen LogP contribution in [0.4, 0.5) is 0 Å². The third kappa shape index (κ3) is 8.77. The van der Waals surface area contributed by atoms with Gasteiger partial charge in [0, 0.05) is 8.95 Å². The molecule has 0 aliphatic rings. The fourth-order valence-corrected chi connectivity index (χ4v) is 14.1. The molecule has 0 fully saturated rings. The average Bonchev–Trinajstić information content (AvgIpc) is 3.59. The van der Waals surface area contributed by atoms with E-state index in [2.05, 4.69) is 359 Å². The second-order valence-electron chi connectivity index (χ2n) is 20.4. The van der Waals surface area contributed by atoms with E-state index in [0.29, 0.717) is 0 Å². The Labute approximate surface area is 485 Å². The Morgan fingerprint density at radius 2 is 0.325 bits per heavy atom. The van der Waals surface area contributed by atoms with Gasteiger partial charge < -0.3 is 0 Å². The highest BCUT2D eigenvalue weighted by Crippen LogP contribution is 2.49. The van der Waals surface area contributed by atoms with Crippen LogP contribution in [0.1, 0.15) is 44.5 Å². The van der Waals surface area contributed by atoms with Crippen LogP contribution in [0.5, 0.6) is 0 Å². The van der Waals surface area contributed by atoms with Gasteiger partial charge in [-0.3, -0.25) is 0 Å². The van der Waals surface area contributed by atoms with E-state index in [0.717, 1.165) is 8.95 Å². The SMILES string of the molecule is Brc1c2ccccc2c(-c2ccc(C(c3ccccc3)(c3ccccc3)c3ccccc3)cc2)c2ccccc12.Brc1c2ccccc2c(-c2ccc(C(c3ccccc3)(c3ccccc3)c3ccccc3)cc2)c2ccccc12. The van der Waals surface area contributed by atoms with Crippen molar-refractivity contribution in [2.75, 3.05) is 0 Å². The highest BCUT2D eigenvalue weighted by molar-refractivity contribution is 9.11. The summed E-state index contributed by atoms with van der Waals surface area (Å²) in [5, 5.41) is 9.92. The maximum atomic E-state index is 3.90. The molecule has 0 N–H and O–H groups in total. The molecule has 0 atom stereocenters. The van der Waals surface area contributed by atoms with Crippen molar-refractivity contribution in [3.05, 3.63) is 381 Å². The third-order valence-electron chi connectivity index (χ3n) is 16.2. The van der Waals surface area contributed by atoms with Crippen LogP contribution >= 0.6 is 31.9 Å². The molecule has 0 radical (unpaired) electrons. The number of halogens is 2. The largest absolute Gasteiger partial charge is 0.0701 e. The molecule has 2 heteroatoms. The van der Waals surface area contributed by atoms with Crippen molar-refractivity contribution in [3.8, 4) is 22.3 Å². The highest BCUT2D eigenvalue weighted by Gasteiger charge is 2.39. The zero-order chi connectivity index (χ0) is 53.9. The van der Waals surface area contributed by atoms with Gasteiger partial charge in [0.1, 0.15) is 0 Å². The molecule has 0 heterocycles. The summed E-state index contributed by atoms with van der Waals surface area (Å²) in [6.45, 7) is 0. The van der Waals surface area contributed by atoms with Crippen LogP contribution in [0.25, 0.3) is 65.3 Å². The molecule has 0 aromatic heterocycles. The Morgan fingerprint density at radius 1 is 0.163 bits per heavy atom. The molecule has 0 bridgehead atoms. The summed E-state index contributed by atoms with van der Waals surface area (Å²) in [6, 6.07) is 119. The lowest BCUT2D eigenvalue weighted by molar-refractivity contribution is 0.745. The zero-order valence-corrected chi connectivity index (χ0v) is 47.1. The number of hydrogen-bond donors (Lipinski definition) is 0. The summed E-state index contributed by atoms with van der Waals surface area (Å²) in [6.07, 6.45) is 0. The van der Waals surface area contributed by atoms with Crippen LogP contribution in [0.15, 0.2) is 337 Å². The fraction of sp³-hybridized carbons (Fsp3) is 0.0256. The van der Waals surface area contributed by atoms with E-state index in [9.17, 15) is 0 Å². The molecule has 14 aromatic rings. The first-order valence-electron chi connectivity index (χ1n) is 27.3. The van der Waals surface area contributed by atoms with Crippen LogP contribution in [0, 0.1) is 0 Å². The first-order chi connectivity index (χ1) is 39.6. The fourth-order valence-electron chi connectivity index (χ4n) is 12.7.